The molecule has 0 saturated heterocycles. The van der Waals surface area contributed by atoms with Crippen molar-refractivity contribution in [1.82, 2.24) is 0 Å². The number of aryl methyl sites for hydroxylation is 3. The van der Waals surface area contributed by atoms with Gasteiger partial charge in [0, 0.05) is 9.35 Å². The van der Waals surface area contributed by atoms with E-state index >= 15 is 0 Å². The minimum absolute atomic E-state index is 0.377. The molecule has 1 N–H and O–H groups in total. The van der Waals surface area contributed by atoms with E-state index in [0.29, 0.717) is 0 Å². The van der Waals surface area contributed by atoms with Crippen LogP contribution in [0.1, 0.15) is 34.1 Å². The summed E-state index contributed by atoms with van der Waals surface area (Å²) in [5.41, 5.74) is 3.38. The molecule has 0 fully saturated rings. The number of rotatable bonds is 4. The summed E-state index contributed by atoms with van der Waals surface area (Å²) in [6.45, 7) is 4.12. The number of hydrogen-bond donors (Lipinski definition) is 1. The van der Waals surface area contributed by atoms with Gasteiger partial charge < -0.3 is 5.11 Å². The van der Waals surface area contributed by atoms with Gasteiger partial charge in [-0.1, -0.05) is 34.1 Å². The summed E-state index contributed by atoms with van der Waals surface area (Å²) < 4.78 is 1.14. The van der Waals surface area contributed by atoms with Crippen molar-refractivity contribution in [2.24, 2.45) is 0 Å². The Morgan fingerprint density at radius 3 is 2.50 bits per heavy atom. The smallest absolute Gasteiger partial charge is 0.0793 e. The quantitative estimate of drug-likeness (QED) is 0.856. The van der Waals surface area contributed by atoms with Crippen LogP contribution in [0.3, 0.4) is 0 Å². The van der Waals surface area contributed by atoms with E-state index in [1.54, 1.807) is 11.3 Å². The zero-order valence-electron chi connectivity index (χ0n) is 10.6. The van der Waals surface area contributed by atoms with Crippen molar-refractivity contribution < 1.29 is 5.11 Å². The molecular weight excluding hydrogens is 308 g/mol. The summed E-state index contributed by atoms with van der Waals surface area (Å²) >= 11 is 5.30. The van der Waals surface area contributed by atoms with Gasteiger partial charge in [-0.2, -0.15) is 0 Å². The predicted molar refractivity (Wildman–Crippen MR) is 81.2 cm³/mol. The highest BCUT2D eigenvalue weighted by Crippen LogP contribution is 2.28. The van der Waals surface area contributed by atoms with Crippen molar-refractivity contribution >= 4 is 27.3 Å². The van der Waals surface area contributed by atoms with Gasteiger partial charge in [-0.25, -0.2) is 0 Å². The number of aliphatic hydroxyl groups is 1. The standard InChI is InChI=1S/C15H17BrOS/c1-10-8-12(9-11(2)15(10)16)14(17)6-5-13-4-3-7-18-13/h3-4,7-9,14,17H,5-6H2,1-2H3. The summed E-state index contributed by atoms with van der Waals surface area (Å²) in [6.07, 6.45) is 1.34. The monoisotopic (exact) mass is 324 g/mol. The Morgan fingerprint density at radius 1 is 1.28 bits per heavy atom. The van der Waals surface area contributed by atoms with Gasteiger partial charge >= 0.3 is 0 Å². The Bertz CT molecular complexity index is 496. The van der Waals surface area contributed by atoms with E-state index in [2.05, 4.69) is 59.4 Å². The Labute approximate surface area is 121 Å². The number of benzene rings is 1. The molecule has 0 spiro atoms. The minimum atomic E-state index is -0.377. The average molecular weight is 325 g/mol. The molecule has 1 nitrogen and oxygen atoms in total. The maximum absolute atomic E-state index is 10.2. The van der Waals surface area contributed by atoms with Crippen LogP contribution in [0.25, 0.3) is 0 Å². The zero-order chi connectivity index (χ0) is 13.1. The van der Waals surface area contributed by atoms with Gasteiger partial charge in [0.15, 0.2) is 0 Å². The van der Waals surface area contributed by atoms with E-state index in [9.17, 15) is 5.11 Å². The molecule has 1 aromatic heterocycles. The molecule has 3 heteroatoms. The second kappa shape index (κ2) is 6.00. The van der Waals surface area contributed by atoms with Crippen LogP contribution < -0.4 is 0 Å². The number of aliphatic hydroxyl groups excluding tert-OH is 1. The van der Waals surface area contributed by atoms with Crippen LogP contribution in [0.15, 0.2) is 34.1 Å². The van der Waals surface area contributed by atoms with Crippen molar-refractivity contribution in [2.75, 3.05) is 0 Å². The molecule has 0 bridgehead atoms. The molecule has 18 heavy (non-hydrogen) atoms. The topological polar surface area (TPSA) is 20.2 Å². The highest BCUT2D eigenvalue weighted by atomic mass is 79.9. The molecule has 1 aromatic carbocycles. The van der Waals surface area contributed by atoms with Gasteiger partial charge in [0.2, 0.25) is 0 Å². The Morgan fingerprint density at radius 2 is 1.94 bits per heavy atom. The van der Waals surface area contributed by atoms with Crippen molar-refractivity contribution in [2.45, 2.75) is 32.8 Å². The molecule has 0 radical (unpaired) electrons. The Kier molecular flexibility index (Phi) is 4.60. The molecule has 0 aliphatic rings. The second-order valence-electron chi connectivity index (χ2n) is 4.60. The predicted octanol–water partition coefficient (Wildman–Crippen LogP) is 4.79. The lowest BCUT2D eigenvalue weighted by atomic mass is 10.00. The van der Waals surface area contributed by atoms with Gasteiger partial charge in [0.1, 0.15) is 0 Å². The third-order valence-electron chi connectivity index (χ3n) is 3.09. The van der Waals surface area contributed by atoms with Crippen LogP contribution in [0.4, 0.5) is 0 Å². The summed E-state index contributed by atoms with van der Waals surface area (Å²) in [5.74, 6) is 0. The summed E-state index contributed by atoms with van der Waals surface area (Å²) in [6, 6.07) is 8.31. The first-order valence-electron chi connectivity index (χ1n) is 6.05. The summed E-state index contributed by atoms with van der Waals surface area (Å²) in [7, 11) is 0. The van der Waals surface area contributed by atoms with Crippen molar-refractivity contribution in [3.8, 4) is 0 Å². The second-order valence-corrected chi connectivity index (χ2v) is 6.43. The number of hydrogen-bond acceptors (Lipinski definition) is 2. The van der Waals surface area contributed by atoms with Gasteiger partial charge in [-0.05, 0) is 54.8 Å². The van der Waals surface area contributed by atoms with Crippen LogP contribution in [-0.4, -0.2) is 5.11 Å². The van der Waals surface area contributed by atoms with Crippen molar-refractivity contribution in [1.29, 1.82) is 0 Å². The molecule has 0 aliphatic carbocycles. The normalized spacial score (nSPS) is 12.7. The fourth-order valence-corrected chi connectivity index (χ4v) is 3.03. The lowest BCUT2D eigenvalue weighted by Gasteiger charge is -2.13. The van der Waals surface area contributed by atoms with Crippen LogP contribution in [0, 0.1) is 13.8 Å². The highest BCUT2D eigenvalue weighted by Gasteiger charge is 2.11. The van der Waals surface area contributed by atoms with Crippen LogP contribution >= 0.6 is 27.3 Å². The Balaban J connectivity index is 2.07. The van der Waals surface area contributed by atoms with E-state index in [-0.39, 0.29) is 6.10 Å². The van der Waals surface area contributed by atoms with Crippen LogP contribution in [0.5, 0.6) is 0 Å². The van der Waals surface area contributed by atoms with E-state index in [4.69, 9.17) is 0 Å². The van der Waals surface area contributed by atoms with Crippen LogP contribution in [-0.2, 0) is 6.42 Å². The SMILES string of the molecule is Cc1cc(C(O)CCc2cccs2)cc(C)c1Br. The molecule has 1 unspecified atom stereocenters. The van der Waals surface area contributed by atoms with Crippen molar-refractivity contribution in [3.05, 3.63) is 55.7 Å². The molecule has 2 aromatic rings. The zero-order valence-corrected chi connectivity index (χ0v) is 13.0. The fraction of sp³-hybridized carbons (Fsp3) is 0.333. The highest BCUT2D eigenvalue weighted by molar-refractivity contribution is 9.10. The summed E-state index contributed by atoms with van der Waals surface area (Å²) in [4.78, 5) is 1.33. The van der Waals surface area contributed by atoms with Gasteiger partial charge in [0.25, 0.3) is 0 Å². The first kappa shape index (κ1) is 13.8. The molecular formula is C15H17BrOS. The molecule has 96 valence electrons. The van der Waals surface area contributed by atoms with Crippen molar-refractivity contribution in [3.63, 3.8) is 0 Å². The molecule has 0 aliphatic heterocycles. The number of thiophene rings is 1. The minimum Gasteiger partial charge on any atom is -0.388 e. The summed E-state index contributed by atoms with van der Waals surface area (Å²) in [5, 5.41) is 12.3. The van der Waals surface area contributed by atoms with Crippen LogP contribution in [0.2, 0.25) is 0 Å². The molecule has 1 atom stereocenters. The fourth-order valence-electron chi connectivity index (χ4n) is 2.07. The molecule has 1 heterocycles. The lowest BCUT2D eigenvalue weighted by Crippen LogP contribution is -2.00. The van der Waals surface area contributed by atoms with Gasteiger partial charge in [0.05, 0.1) is 6.10 Å². The molecule has 2 rings (SSSR count). The van der Waals surface area contributed by atoms with E-state index < -0.39 is 0 Å². The third kappa shape index (κ3) is 3.22. The average Bonchev–Trinajstić information content (AvgIpc) is 2.85. The first-order valence-corrected chi connectivity index (χ1v) is 7.72. The van der Waals surface area contributed by atoms with Gasteiger partial charge in [-0.3, -0.25) is 0 Å². The first-order chi connectivity index (χ1) is 8.58. The van der Waals surface area contributed by atoms with E-state index in [1.165, 1.54) is 16.0 Å². The molecule has 0 amide bonds. The maximum atomic E-state index is 10.2. The maximum Gasteiger partial charge on any atom is 0.0793 e. The van der Waals surface area contributed by atoms with Gasteiger partial charge in [-0.15, -0.1) is 11.3 Å². The lowest BCUT2D eigenvalue weighted by molar-refractivity contribution is 0.168. The number of halogens is 1. The van der Waals surface area contributed by atoms with E-state index in [1.807, 2.05) is 0 Å². The third-order valence-corrected chi connectivity index (χ3v) is 5.27. The van der Waals surface area contributed by atoms with E-state index in [0.717, 1.165) is 22.9 Å². The largest absolute Gasteiger partial charge is 0.388 e. The molecule has 0 saturated carbocycles. The Hall–Kier alpha value is -0.640.